The first kappa shape index (κ1) is 13.0. The summed E-state index contributed by atoms with van der Waals surface area (Å²) in [5.74, 6) is -0.297. The molecule has 4 nitrogen and oxygen atoms in total. The van der Waals surface area contributed by atoms with E-state index in [0.717, 1.165) is 11.8 Å². The van der Waals surface area contributed by atoms with Crippen LogP contribution >= 0.6 is 0 Å². The van der Waals surface area contributed by atoms with Gasteiger partial charge < -0.3 is 15.7 Å². The maximum absolute atomic E-state index is 13.5. The summed E-state index contributed by atoms with van der Waals surface area (Å²) in [7, 11) is 0. The molecule has 0 radical (unpaired) electrons. The minimum atomic E-state index is -0.336. The molecule has 0 amide bonds. The van der Waals surface area contributed by atoms with E-state index in [1.54, 1.807) is 24.4 Å². The Balaban J connectivity index is 2.30. The standard InChI is InChI=1S/C14H14FN3O/c1-9-7-18-14(19)11(6-16)13(9)17-8-10-4-2-3-5-12(10)15/h2-7,16H,8H2,1H3,(H2,17,18,19). The average Bonchev–Trinajstić information content (AvgIpc) is 2.41. The topological polar surface area (TPSA) is 68.7 Å². The van der Waals surface area contributed by atoms with Crippen molar-refractivity contribution in [3.05, 3.63) is 63.3 Å². The van der Waals surface area contributed by atoms with Gasteiger partial charge in [-0.15, -0.1) is 0 Å². The highest BCUT2D eigenvalue weighted by molar-refractivity contribution is 5.86. The fourth-order valence-electron chi connectivity index (χ4n) is 1.85. The van der Waals surface area contributed by atoms with Gasteiger partial charge in [-0.05, 0) is 18.6 Å². The Morgan fingerprint density at radius 2 is 2.16 bits per heavy atom. The second-order valence-corrected chi connectivity index (χ2v) is 4.18. The van der Waals surface area contributed by atoms with Crippen LogP contribution in [0.2, 0.25) is 0 Å². The smallest absolute Gasteiger partial charge is 0.258 e. The number of aryl methyl sites for hydroxylation is 1. The highest BCUT2D eigenvalue weighted by Crippen LogP contribution is 2.17. The fourth-order valence-corrected chi connectivity index (χ4v) is 1.85. The van der Waals surface area contributed by atoms with Crippen LogP contribution in [0.4, 0.5) is 10.1 Å². The Morgan fingerprint density at radius 3 is 2.84 bits per heavy atom. The second kappa shape index (κ2) is 5.48. The summed E-state index contributed by atoms with van der Waals surface area (Å²) >= 11 is 0. The molecule has 3 N–H and O–H groups in total. The molecule has 0 aliphatic carbocycles. The number of H-pyrrole nitrogens is 1. The number of halogens is 1. The van der Waals surface area contributed by atoms with E-state index in [4.69, 9.17) is 5.41 Å². The van der Waals surface area contributed by atoms with Crippen LogP contribution in [0, 0.1) is 18.2 Å². The molecule has 1 aromatic carbocycles. The van der Waals surface area contributed by atoms with Crippen molar-refractivity contribution < 1.29 is 4.39 Å². The number of aromatic amines is 1. The van der Waals surface area contributed by atoms with Gasteiger partial charge in [0.05, 0.1) is 11.3 Å². The molecular weight excluding hydrogens is 245 g/mol. The maximum Gasteiger partial charge on any atom is 0.258 e. The van der Waals surface area contributed by atoms with Crippen LogP contribution in [0.15, 0.2) is 35.3 Å². The number of hydrogen-bond acceptors (Lipinski definition) is 3. The quantitative estimate of drug-likeness (QED) is 0.738. The zero-order valence-electron chi connectivity index (χ0n) is 10.5. The van der Waals surface area contributed by atoms with Crippen LogP contribution in [0.5, 0.6) is 0 Å². The number of aromatic nitrogens is 1. The summed E-state index contributed by atoms with van der Waals surface area (Å²) in [6, 6.07) is 6.44. The molecule has 0 aliphatic heterocycles. The maximum atomic E-state index is 13.5. The van der Waals surface area contributed by atoms with Gasteiger partial charge >= 0.3 is 0 Å². The summed E-state index contributed by atoms with van der Waals surface area (Å²) in [5, 5.41) is 10.3. The van der Waals surface area contributed by atoms with Crippen molar-refractivity contribution in [2.45, 2.75) is 13.5 Å². The van der Waals surface area contributed by atoms with E-state index in [0.29, 0.717) is 11.3 Å². The van der Waals surface area contributed by atoms with Crippen LogP contribution in [0.3, 0.4) is 0 Å². The Morgan fingerprint density at radius 1 is 1.42 bits per heavy atom. The number of hydrogen-bond donors (Lipinski definition) is 3. The Bertz CT molecular complexity index is 664. The second-order valence-electron chi connectivity index (χ2n) is 4.18. The van der Waals surface area contributed by atoms with Gasteiger partial charge in [0.1, 0.15) is 5.82 Å². The van der Waals surface area contributed by atoms with Crippen molar-refractivity contribution in [3.8, 4) is 0 Å². The molecule has 5 heteroatoms. The Labute approximate surface area is 109 Å². The highest BCUT2D eigenvalue weighted by Gasteiger charge is 2.09. The molecule has 0 unspecified atom stereocenters. The molecule has 2 aromatic rings. The van der Waals surface area contributed by atoms with Crippen LogP contribution in [0.25, 0.3) is 0 Å². The predicted octanol–water partition coefficient (Wildman–Crippen LogP) is 2.43. The molecule has 0 fully saturated rings. The molecule has 0 atom stereocenters. The van der Waals surface area contributed by atoms with Crippen LogP contribution in [-0.4, -0.2) is 11.2 Å². The average molecular weight is 259 g/mol. The van der Waals surface area contributed by atoms with Gasteiger partial charge in [0.2, 0.25) is 0 Å². The number of benzene rings is 1. The zero-order valence-corrected chi connectivity index (χ0v) is 10.5. The van der Waals surface area contributed by atoms with Gasteiger partial charge in [-0.25, -0.2) is 4.39 Å². The van der Waals surface area contributed by atoms with Crippen LogP contribution in [-0.2, 0) is 6.54 Å². The highest BCUT2D eigenvalue weighted by atomic mass is 19.1. The normalized spacial score (nSPS) is 10.2. The van der Waals surface area contributed by atoms with Gasteiger partial charge in [-0.1, -0.05) is 18.2 Å². The van der Waals surface area contributed by atoms with Gasteiger partial charge in [-0.3, -0.25) is 4.79 Å². The number of anilines is 1. The van der Waals surface area contributed by atoms with Crippen molar-refractivity contribution in [1.29, 1.82) is 5.41 Å². The first-order valence-corrected chi connectivity index (χ1v) is 5.83. The van der Waals surface area contributed by atoms with Gasteiger partial charge in [0.25, 0.3) is 5.56 Å². The number of pyridine rings is 1. The molecule has 19 heavy (non-hydrogen) atoms. The fraction of sp³-hybridized carbons (Fsp3) is 0.143. The lowest BCUT2D eigenvalue weighted by atomic mass is 10.1. The van der Waals surface area contributed by atoms with E-state index in [1.807, 2.05) is 6.92 Å². The van der Waals surface area contributed by atoms with Crippen molar-refractivity contribution in [1.82, 2.24) is 4.98 Å². The van der Waals surface area contributed by atoms with E-state index in [2.05, 4.69) is 10.3 Å². The molecule has 0 spiro atoms. The van der Waals surface area contributed by atoms with Gasteiger partial charge in [-0.2, -0.15) is 0 Å². The Kier molecular flexibility index (Phi) is 3.75. The molecule has 98 valence electrons. The lowest BCUT2D eigenvalue weighted by molar-refractivity contribution is 0.613. The summed E-state index contributed by atoms with van der Waals surface area (Å²) in [5.41, 5.74) is 1.78. The summed E-state index contributed by atoms with van der Waals surface area (Å²) in [6.45, 7) is 2.07. The molecular formula is C14H14FN3O. The van der Waals surface area contributed by atoms with Crippen molar-refractivity contribution >= 4 is 11.9 Å². The molecule has 0 saturated carbocycles. The monoisotopic (exact) mass is 259 g/mol. The predicted molar refractivity (Wildman–Crippen MR) is 73.4 cm³/mol. The third-order valence-corrected chi connectivity index (χ3v) is 2.89. The van der Waals surface area contributed by atoms with Crippen LogP contribution in [0.1, 0.15) is 16.7 Å². The molecule has 0 bridgehead atoms. The van der Waals surface area contributed by atoms with Gasteiger partial charge in [0.15, 0.2) is 0 Å². The first-order valence-electron chi connectivity index (χ1n) is 5.83. The van der Waals surface area contributed by atoms with Gasteiger partial charge in [0, 0.05) is 24.5 Å². The summed E-state index contributed by atoms with van der Waals surface area (Å²) in [6.07, 6.45) is 2.56. The number of rotatable bonds is 4. The van der Waals surface area contributed by atoms with E-state index >= 15 is 0 Å². The van der Waals surface area contributed by atoms with E-state index < -0.39 is 0 Å². The van der Waals surface area contributed by atoms with Crippen molar-refractivity contribution in [3.63, 3.8) is 0 Å². The molecule has 2 rings (SSSR count). The lowest BCUT2D eigenvalue weighted by Crippen LogP contribution is -2.16. The third kappa shape index (κ3) is 2.70. The van der Waals surface area contributed by atoms with E-state index in [9.17, 15) is 9.18 Å². The summed E-state index contributed by atoms with van der Waals surface area (Å²) in [4.78, 5) is 14.1. The molecule has 0 aliphatic rings. The lowest BCUT2D eigenvalue weighted by Gasteiger charge is -2.12. The Hall–Kier alpha value is -2.43. The molecule has 0 saturated heterocycles. The van der Waals surface area contributed by atoms with Crippen LogP contribution < -0.4 is 10.9 Å². The third-order valence-electron chi connectivity index (χ3n) is 2.89. The minimum absolute atomic E-state index is 0.247. The zero-order chi connectivity index (χ0) is 13.8. The molecule has 1 heterocycles. The van der Waals surface area contributed by atoms with Crippen molar-refractivity contribution in [2.24, 2.45) is 0 Å². The largest absolute Gasteiger partial charge is 0.380 e. The number of nitrogens with one attached hydrogen (secondary N) is 3. The summed E-state index contributed by atoms with van der Waals surface area (Å²) < 4.78 is 13.5. The van der Waals surface area contributed by atoms with E-state index in [1.165, 1.54) is 6.07 Å². The van der Waals surface area contributed by atoms with E-state index in [-0.39, 0.29) is 23.5 Å². The molecule has 1 aromatic heterocycles. The SMILES string of the molecule is Cc1c[nH]c(=O)c(C=N)c1NCc1ccccc1F. The van der Waals surface area contributed by atoms with Crippen molar-refractivity contribution in [2.75, 3.05) is 5.32 Å². The first-order chi connectivity index (χ1) is 9.13. The minimum Gasteiger partial charge on any atom is -0.380 e.